The fraction of sp³-hybridized carbons (Fsp3) is 0.611. The summed E-state index contributed by atoms with van der Waals surface area (Å²) in [5, 5.41) is 8.21. The standard InChI is InChI=1S/C54H80N8O10/c1-11-13-22-37(6)51(68)61-29-20-27-40(61)52(69)59(8)42(31-38-23-16-14-17-24-38)48(65)55-34-45(64)60(9)47(35(3)4)50(67)57-46(36(5)12-2)49(66)56-33-44(63)58(7)43(32-39-25-18-15-19-26-39)53(70)62-30-21-28-41(62)54(71)72-10/h14-19,23-26,35-37,40-43,46-47H,11-13,20-22,27-34H2,1-10H3,(H,55,65)(H,56,66)(H,57,67)/t36-,37?,40-,41-,42?,43?,46-,47+/m0/s1. The van der Waals surface area contributed by atoms with E-state index >= 15 is 0 Å². The third kappa shape index (κ3) is 15.3. The van der Waals surface area contributed by atoms with Gasteiger partial charge in [0.15, 0.2) is 0 Å². The lowest BCUT2D eigenvalue weighted by atomic mass is 9.96. The minimum absolute atomic E-state index is 0.0725. The Kier molecular flexibility index (Phi) is 22.7. The monoisotopic (exact) mass is 1000 g/mol. The number of hydrogen-bond acceptors (Lipinski definition) is 10. The number of nitrogens with zero attached hydrogens (tertiary/aromatic N) is 5. The number of likely N-dealkylation sites (N-methyl/N-ethyl adjacent to an activating group) is 3. The lowest BCUT2D eigenvalue weighted by molar-refractivity contribution is -0.154. The van der Waals surface area contributed by atoms with E-state index in [-0.39, 0.29) is 30.6 Å². The number of carbonyl (C=O) groups is 9. The van der Waals surface area contributed by atoms with Gasteiger partial charge < -0.3 is 45.2 Å². The van der Waals surface area contributed by atoms with E-state index in [0.717, 1.165) is 30.4 Å². The highest BCUT2D eigenvalue weighted by Crippen LogP contribution is 2.26. The Bertz CT molecular complexity index is 2180. The summed E-state index contributed by atoms with van der Waals surface area (Å²) < 4.78 is 4.96. The maximum Gasteiger partial charge on any atom is 0.328 e. The number of hydrogen-bond donors (Lipinski definition) is 3. The highest BCUT2D eigenvalue weighted by molar-refractivity contribution is 5.97. The molecule has 0 saturated carbocycles. The van der Waals surface area contributed by atoms with Gasteiger partial charge in [0.25, 0.3) is 0 Å². The van der Waals surface area contributed by atoms with E-state index in [4.69, 9.17) is 4.74 Å². The minimum Gasteiger partial charge on any atom is -0.467 e. The molecule has 2 aliphatic rings. The summed E-state index contributed by atoms with van der Waals surface area (Å²) >= 11 is 0. The van der Waals surface area contributed by atoms with Gasteiger partial charge in [-0.3, -0.25) is 38.4 Å². The van der Waals surface area contributed by atoms with Crippen molar-refractivity contribution in [1.29, 1.82) is 0 Å². The average molecular weight is 1000 g/mol. The first-order chi connectivity index (χ1) is 34.3. The highest BCUT2D eigenvalue weighted by Gasteiger charge is 2.42. The normalized spacial score (nSPS) is 17.9. The number of benzene rings is 2. The van der Waals surface area contributed by atoms with Gasteiger partial charge in [-0.15, -0.1) is 0 Å². The molecule has 0 aliphatic carbocycles. The summed E-state index contributed by atoms with van der Waals surface area (Å²) in [5.41, 5.74) is 1.58. The summed E-state index contributed by atoms with van der Waals surface area (Å²) in [6, 6.07) is 12.6. The molecule has 0 bridgehead atoms. The molecule has 2 fully saturated rings. The number of amides is 8. The van der Waals surface area contributed by atoms with Gasteiger partial charge >= 0.3 is 5.97 Å². The fourth-order valence-corrected chi connectivity index (χ4v) is 9.66. The molecule has 2 heterocycles. The van der Waals surface area contributed by atoms with Crippen LogP contribution < -0.4 is 16.0 Å². The van der Waals surface area contributed by atoms with E-state index in [9.17, 15) is 43.2 Å². The topological polar surface area (TPSA) is 215 Å². The van der Waals surface area contributed by atoms with Crippen molar-refractivity contribution < 1.29 is 47.9 Å². The maximum atomic E-state index is 14.2. The van der Waals surface area contributed by atoms with Gasteiger partial charge in [0.1, 0.15) is 36.3 Å². The van der Waals surface area contributed by atoms with Crippen molar-refractivity contribution in [1.82, 2.24) is 40.4 Å². The zero-order valence-corrected chi connectivity index (χ0v) is 44.2. The molecule has 2 saturated heterocycles. The number of rotatable bonds is 25. The molecular formula is C54H80N8O10. The molecule has 2 aromatic rings. The molecule has 2 aromatic carbocycles. The van der Waals surface area contributed by atoms with Crippen LogP contribution in [0.1, 0.15) is 104 Å². The van der Waals surface area contributed by atoms with Crippen LogP contribution in [0.3, 0.4) is 0 Å². The Labute approximate surface area is 426 Å². The number of ether oxygens (including phenoxy) is 1. The lowest BCUT2D eigenvalue weighted by Crippen LogP contribution is -2.59. The summed E-state index contributed by atoms with van der Waals surface area (Å²) in [4.78, 5) is 131. The summed E-state index contributed by atoms with van der Waals surface area (Å²) in [7, 11) is 5.73. The molecule has 2 aliphatic heterocycles. The van der Waals surface area contributed by atoms with Crippen LogP contribution in [-0.2, 0) is 60.7 Å². The molecule has 0 aromatic heterocycles. The van der Waals surface area contributed by atoms with Gasteiger partial charge in [-0.2, -0.15) is 0 Å². The van der Waals surface area contributed by atoms with E-state index in [2.05, 4.69) is 22.9 Å². The zero-order chi connectivity index (χ0) is 53.2. The zero-order valence-electron chi connectivity index (χ0n) is 44.2. The second kappa shape index (κ2) is 28.1. The Hall–Kier alpha value is -6.33. The minimum atomic E-state index is -1.12. The molecule has 72 heavy (non-hydrogen) atoms. The van der Waals surface area contributed by atoms with E-state index < -0.39 is 103 Å². The predicted molar refractivity (Wildman–Crippen MR) is 272 cm³/mol. The summed E-state index contributed by atoms with van der Waals surface area (Å²) in [5.74, 6) is -5.48. The molecule has 18 heteroatoms. The van der Waals surface area contributed by atoms with E-state index in [1.807, 2.05) is 74.5 Å². The molecule has 396 valence electrons. The van der Waals surface area contributed by atoms with Crippen molar-refractivity contribution in [2.75, 3.05) is 54.4 Å². The number of carbonyl (C=O) groups excluding carboxylic acids is 9. The molecule has 3 unspecified atom stereocenters. The van der Waals surface area contributed by atoms with Gasteiger partial charge in [-0.05, 0) is 55.1 Å². The number of unbranched alkanes of at least 4 members (excludes halogenated alkanes) is 1. The first-order valence-electron chi connectivity index (χ1n) is 25.7. The van der Waals surface area contributed by atoms with Crippen molar-refractivity contribution in [3.8, 4) is 0 Å². The van der Waals surface area contributed by atoms with Crippen LogP contribution in [0.15, 0.2) is 60.7 Å². The molecule has 0 radical (unpaired) electrons. The quantitative estimate of drug-likeness (QED) is 0.123. The van der Waals surface area contributed by atoms with Crippen LogP contribution >= 0.6 is 0 Å². The number of likely N-dealkylation sites (tertiary alicyclic amines) is 2. The molecule has 4 rings (SSSR count). The number of nitrogens with one attached hydrogen (secondary N) is 3. The lowest BCUT2D eigenvalue weighted by Gasteiger charge is -2.34. The predicted octanol–water partition coefficient (Wildman–Crippen LogP) is 3.35. The van der Waals surface area contributed by atoms with E-state index in [0.29, 0.717) is 45.2 Å². The molecule has 18 nitrogen and oxygen atoms in total. The van der Waals surface area contributed by atoms with E-state index in [1.165, 1.54) is 40.8 Å². The third-order valence-corrected chi connectivity index (χ3v) is 14.4. The SMILES string of the molecule is CCCCC(C)C(=O)N1CCC[C@H]1C(=O)N(C)C(Cc1ccccc1)C(=O)NCC(=O)N(C)[C@@H](C(=O)N[C@H](C(=O)NCC(=O)N(C)C(Cc1ccccc1)C(=O)N1CCC[C@H]1C(=O)OC)[C@@H](C)CC)C(C)C. The fourth-order valence-electron chi connectivity index (χ4n) is 9.66. The average Bonchev–Trinajstić information content (AvgIpc) is 4.09. The Morgan fingerprint density at radius 2 is 1.17 bits per heavy atom. The van der Waals surface area contributed by atoms with Crippen LogP contribution in [-0.4, -0.2) is 168 Å². The molecule has 3 N–H and O–H groups in total. The third-order valence-electron chi connectivity index (χ3n) is 14.4. The summed E-state index contributed by atoms with van der Waals surface area (Å²) in [6.45, 7) is 10.9. The van der Waals surface area contributed by atoms with Crippen molar-refractivity contribution in [2.24, 2.45) is 17.8 Å². The Balaban J connectivity index is 1.44. The number of methoxy groups -OCH3 is 1. The van der Waals surface area contributed by atoms with Crippen molar-refractivity contribution >= 4 is 53.2 Å². The second-order valence-electron chi connectivity index (χ2n) is 19.8. The molecule has 0 spiro atoms. The van der Waals surface area contributed by atoms with Crippen LogP contribution in [0, 0.1) is 17.8 Å². The maximum absolute atomic E-state index is 14.2. The van der Waals surface area contributed by atoms with Crippen LogP contribution in [0.25, 0.3) is 0 Å². The molecule has 8 atom stereocenters. The van der Waals surface area contributed by atoms with Gasteiger partial charge in [-0.25, -0.2) is 4.79 Å². The van der Waals surface area contributed by atoms with Crippen LogP contribution in [0.4, 0.5) is 0 Å². The van der Waals surface area contributed by atoms with Crippen LogP contribution in [0.2, 0.25) is 0 Å². The number of esters is 1. The van der Waals surface area contributed by atoms with Gasteiger partial charge in [0, 0.05) is 53.0 Å². The van der Waals surface area contributed by atoms with Crippen molar-refractivity contribution in [3.63, 3.8) is 0 Å². The van der Waals surface area contributed by atoms with Gasteiger partial charge in [-0.1, -0.05) is 121 Å². The Morgan fingerprint density at radius 1 is 0.653 bits per heavy atom. The smallest absolute Gasteiger partial charge is 0.328 e. The van der Waals surface area contributed by atoms with Crippen molar-refractivity contribution in [3.05, 3.63) is 71.8 Å². The van der Waals surface area contributed by atoms with E-state index in [1.54, 1.807) is 32.7 Å². The largest absolute Gasteiger partial charge is 0.467 e. The first-order valence-corrected chi connectivity index (χ1v) is 25.7. The van der Waals surface area contributed by atoms with Gasteiger partial charge in [0.05, 0.1) is 20.2 Å². The Morgan fingerprint density at radius 3 is 1.69 bits per heavy atom. The molecule has 8 amide bonds. The van der Waals surface area contributed by atoms with Gasteiger partial charge in [0.2, 0.25) is 47.3 Å². The van der Waals surface area contributed by atoms with Crippen molar-refractivity contribution in [2.45, 2.75) is 142 Å². The summed E-state index contributed by atoms with van der Waals surface area (Å²) in [6.07, 6.45) is 5.53. The molecular weight excluding hydrogens is 921 g/mol. The highest BCUT2D eigenvalue weighted by atomic mass is 16.5. The second-order valence-corrected chi connectivity index (χ2v) is 19.8. The first kappa shape index (κ1) is 58.2. The van der Waals surface area contributed by atoms with Crippen LogP contribution in [0.5, 0.6) is 0 Å².